The molecule has 1 aliphatic heterocycles. The molecular formula is C16H16ClN3O. The zero-order valence-corrected chi connectivity index (χ0v) is 12.3. The fraction of sp³-hybridized carbons (Fsp3) is 0.188. The van der Waals surface area contributed by atoms with Gasteiger partial charge >= 0.3 is 6.03 Å². The standard InChI is InChI=1S/C16H16ClN3O/c17-13-6-2-1-5-12(13)11-19-9-10-20(16(19)21)15-8-4-3-7-14(15)18/h1-8H,9-11,18H2. The third-order valence-corrected chi connectivity index (χ3v) is 4.01. The quantitative estimate of drug-likeness (QED) is 0.884. The summed E-state index contributed by atoms with van der Waals surface area (Å²) in [5.41, 5.74) is 8.29. The van der Waals surface area contributed by atoms with Gasteiger partial charge in [-0.25, -0.2) is 4.79 Å². The third-order valence-electron chi connectivity index (χ3n) is 3.64. The van der Waals surface area contributed by atoms with E-state index in [1.54, 1.807) is 15.9 Å². The minimum atomic E-state index is -0.0344. The molecule has 0 aliphatic carbocycles. The van der Waals surface area contributed by atoms with E-state index in [0.717, 1.165) is 11.3 Å². The molecule has 0 spiro atoms. The van der Waals surface area contributed by atoms with E-state index in [9.17, 15) is 4.79 Å². The van der Waals surface area contributed by atoms with Crippen LogP contribution in [0.4, 0.5) is 16.2 Å². The molecule has 1 saturated heterocycles. The van der Waals surface area contributed by atoms with Crippen LogP contribution in [0, 0.1) is 0 Å². The fourth-order valence-corrected chi connectivity index (χ4v) is 2.71. The van der Waals surface area contributed by atoms with Gasteiger partial charge in [-0.15, -0.1) is 0 Å². The van der Waals surface area contributed by atoms with Gasteiger partial charge in [0.15, 0.2) is 0 Å². The van der Waals surface area contributed by atoms with Crippen LogP contribution in [0.5, 0.6) is 0 Å². The molecule has 0 unspecified atom stereocenters. The molecule has 1 fully saturated rings. The Morgan fingerprint density at radius 1 is 1.05 bits per heavy atom. The largest absolute Gasteiger partial charge is 0.397 e. The summed E-state index contributed by atoms with van der Waals surface area (Å²) in [4.78, 5) is 16.0. The van der Waals surface area contributed by atoms with Crippen molar-refractivity contribution in [2.45, 2.75) is 6.54 Å². The summed E-state index contributed by atoms with van der Waals surface area (Å²) in [6.45, 7) is 1.82. The molecule has 2 aromatic carbocycles. The Morgan fingerprint density at radius 2 is 1.76 bits per heavy atom. The number of carbonyl (C=O) groups is 1. The molecule has 0 bridgehead atoms. The maximum absolute atomic E-state index is 12.5. The highest BCUT2D eigenvalue weighted by Gasteiger charge is 2.30. The number of benzene rings is 2. The highest BCUT2D eigenvalue weighted by atomic mass is 35.5. The van der Waals surface area contributed by atoms with Crippen molar-refractivity contribution in [3.63, 3.8) is 0 Å². The van der Waals surface area contributed by atoms with Crippen LogP contribution in [0.2, 0.25) is 5.02 Å². The molecule has 2 N–H and O–H groups in total. The number of halogens is 1. The van der Waals surface area contributed by atoms with Crippen LogP contribution in [0.25, 0.3) is 0 Å². The number of anilines is 2. The highest BCUT2D eigenvalue weighted by Crippen LogP contribution is 2.27. The predicted molar refractivity (Wildman–Crippen MR) is 85.5 cm³/mol. The van der Waals surface area contributed by atoms with Crippen LogP contribution in [0.15, 0.2) is 48.5 Å². The molecule has 4 nitrogen and oxygen atoms in total. The maximum Gasteiger partial charge on any atom is 0.324 e. The smallest absolute Gasteiger partial charge is 0.324 e. The Kier molecular flexibility index (Phi) is 3.71. The average molecular weight is 302 g/mol. The van der Waals surface area contributed by atoms with Gasteiger partial charge in [0.2, 0.25) is 0 Å². The lowest BCUT2D eigenvalue weighted by Gasteiger charge is -2.20. The van der Waals surface area contributed by atoms with Gasteiger partial charge < -0.3 is 10.6 Å². The molecule has 1 heterocycles. The maximum atomic E-state index is 12.5. The summed E-state index contributed by atoms with van der Waals surface area (Å²) in [7, 11) is 0. The zero-order chi connectivity index (χ0) is 14.8. The van der Waals surface area contributed by atoms with Gasteiger partial charge in [0, 0.05) is 24.7 Å². The molecule has 2 amide bonds. The number of amides is 2. The van der Waals surface area contributed by atoms with E-state index >= 15 is 0 Å². The number of nitrogen functional groups attached to an aromatic ring is 1. The summed E-state index contributed by atoms with van der Waals surface area (Å²) in [5.74, 6) is 0. The second-order valence-corrected chi connectivity index (χ2v) is 5.41. The van der Waals surface area contributed by atoms with E-state index < -0.39 is 0 Å². The van der Waals surface area contributed by atoms with Gasteiger partial charge in [-0.2, -0.15) is 0 Å². The van der Waals surface area contributed by atoms with E-state index in [2.05, 4.69) is 0 Å². The van der Waals surface area contributed by atoms with Gasteiger partial charge in [-0.3, -0.25) is 4.90 Å². The number of nitrogens with two attached hydrogens (primary N) is 1. The summed E-state index contributed by atoms with van der Waals surface area (Å²) in [6.07, 6.45) is 0. The van der Waals surface area contributed by atoms with Crippen LogP contribution in [-0.2, 0) is 6.54 Å². The van der Waals surface area contributed by atoms with Gasteiger partial charge in [-0.1, -0.05) is 41.9 Å². The van der Waals surface area contributed by atoms with Crippen LogP contribution in [-0.4, -0.2) is 24.0 Å². The first-order valence-electron chi connectivity index (χ1n) is 6.81. The zero-order valence-electron chi connectivity index (χ0n) is 11.5. The number of para-hydroxylation sites is 2. The van der Waals surface area contributed by atoms with Gasteiger partial charge in [0.1, 0.15) is 0 Å². The number of rotatable bonds is 3. The monoisotopic (exact) mass is 301 g/mol. The van der Waals surface area contributed by atoms with Crippen molar-refractivity contribution in [2.75, 3.05) is 23.7 Å². The number of nitrogens with zero attached hydrogens (tertiary/aromatic N) is 2. The van der Waals surface area contributed by atoms with Crippen molar-refractivity contribution in [1.82, 2.24) is 4.90 Å². The van der Waals surface area contributed by atoms with Gasteiger partial charge in [-0.05, 0) is 23.8 Å². The molecule has 1 aliphatic rings. The normalized spacial score (nSPS) is 14.8. The van der Waals surface area contributed by atoms with E-state index in [1.807, 2.05) is 42.5 Å². The van der Waals surface area contributed by atoms with Crippen LogP contribution in [0.1, 0.15) is 5.56 Å². The molecule has 2 aromatic rings. The number of carbonyl (C=O) groups excluding carboxylic acids is 1. The second-order valence-electron chi connectivity index (χ2n) is 5.01. The van der Waals surface area contributed by atoms with Gasteiger partial charge in [0.05, 0.1) is 11.4 Å². The number of hydrogen-bond acceptors (Lipinski definition) is 2. The predicted octanol–water partition coefficient (Wildman–Crippen LogP) is 3.36. The molecule has 21 heavy (non-hydrogen) atoms. The lowest BCUT2D eigenvalue weighted by atomic mass is 10.2. The molecule has 3 rings (SSSR count). The molecule has 0 radical (unpaired) electrons. The van der Waals surface area contributed by atoms with Crippen molar-refractivity contribution in [1.29, 1.82) is 0 Å². The van der Waals surface area contributed by atoms with Gasteiger partial charge in [0.25, 0.3) is 0 Å². The minimum absolute atomic E-state index is 0.0344. The summed E-state index contributed by atoms with van der Waals surface area (Å²) >= 11 is 6.16. The first kappa shape index (κ1) is 13.8. The first-order valence-corrected chi connectivity index (χ1v) is 7.19. The van der Waals surface area contributed by atoms with Crippen molar-refractivity contribution in [3.05, 3.63) is 59.1 Å². The molecule has 0 saturated carbocycles. The van der Waals surface area contributed by atoms with E-state index in [0.29, 0.717) is 30.3 Å². The molecule has 108 valence electrons. The Balaban J connectivity index is 1.78. The number of urea groups is 1. The Labute approximate surface area is 128 Å². The lowest BCUT2D eigenvalue weighted by Crippen LogP contribution is -2.31. The Hall–Kier alpha value is -2.20. The topological polar surface area (TPSA) is 49.6 Å². The minimum Gasteiger partial charge on any atom is -0.397 e. The van der Waals surface area contributed by atoms with Crippen LogP contribution < -0.4 is 10.6 Å². The summed E-state index contributed by atoms with van der Waals surface area (Å²) < 4.78 is 0. The molecule has 5 heteroatoms. The highest BCUT2D eigenvalue weighted by molar-refractivity contribution is 6.31. The average Bonchev–Trinajstić information content (AvgIpc) is 2.83. The SMILES string of the molecule is Nc1ccccc1N1CCN(Cc2ccccc2Cl)C1=O. The van der Waals surface area contributed by atoms with E-state index in [-0.39, 0.29) is 6.03 Å². The molecular weight excluding hydrogens is 286 g/mol. The Bertz CT molecular complexity index is 674. The van der Waals surface area contributed by atoms with Crippen molar-refractivity contribution >= 4 is 29.0 Å². The molecule has 0 atom stereocenters. The summed E-state index contributed by atoms with van der Waals surface area (Å²) in [5, 5.41) is 0.683. The fourth-order valence-electron chi connectivity index (χ4n) is 2.52. The Morgan fingerprint density at radius 3 is 2.52 bits per heavy atom. The van der Waals surface area contributed by atoms with E-state index in [1.165, 1.54) is 0 Å². The van der Waals surface area contributed by atoms with Crippen LogP contribution in [0.3, 0.4) is 0 Å². The lowest BCUT2D eigenvalue weighted by molar-refractivity contribution is 0.219. The second kappa shape index (κ2) is 5.66. The van der Waals surface area contributed by atoms with Crippen molar-refractivity contribution in [3.8, 4) is 0 Å². The number of hydrogen-bond donors (Lipinski definition) is 1. The third kappa shape index (κ3) is 2.67. The van der Waals surface area contributed by atoms with Crippen molar-refractivity contribution in [2.24, 2.45) is 0 Å². The van der Waals surface area contributed by atoms with Crippen molar-refractivity contribution < 1.29 is 4.79 Å². The van der Waals surface area contributed by atoms with Crippen LogP contribution >= 0.6 is 11.6 Å². The summed E-state index contributed by atoms with van der Waals surface area (Å²) in [6, 6.07) is 15.0. The molecule has 0 aromatic heterocycles. The first-order chi connectivity index (χ1) is 10.2. The van der Waals surface area contributed by atoms with E-state index in [4.69, 9.17) is 17.3 Å².